The smallest absolute Gasteiger partial charge is 0.550 e. The van der Waals surface area contributed by atoms with Crippen molar-refractivity contribution >= 4 is 11.8 Å². The molecule has 1 fully saturated rings. The summed E-state index contributed by atoms with van der Waals surface area (Å²) >= 11 is 0. The summed E-state index contributed by atoms with van der Waals surface area (Å²) in [4.78, 5) is 22.9. The van der Waals surface area contributed by atoms with Gasteiger partial charge in [-0.2, -0.15) is 0 Å². The standard InChI is InChI=1S/C18H24O5.Na/c1-22-16-11-17(23-2)14(15(19)8-9-18(20)21)10-13(16)12-6-4-3-5-7-12;/h10-12H,3-9H2,1-2H3,(H,20,21);/q;+1/p-1. The van der Waals surface area contributed by atoms with Gasteiger partial charge in [0.05, 0.1) is 19.8 Å². The molecule has 0 atom stereocenters. The van der Waals surface area contributed by atoms with Crippen LogP contribution < -0.4 is 44.1 Å². The Bertz CT molecular complexity index is 579. The molecule has 0 amide bonds. The first-order valence-electron chi connectivity index (χ1n) is 8.05. The molecule has 24 heavy (non-hydrogen) atoms. The van der Waals surface area contributed by atoms with Gasteiger partial charge in [-0.15, -0.1) is 0 Å². The number of carboxylic acids is 1. The van der Waals surface area contributed by atoms with Gasteiger partial charge in [0.15, 0.2) is 5.78 Å². The molecular weight excluding hydrogens is 319 g/mol. The Kier molecular flexibility index (Phi) is 8.81. The maximum Gasteiger partial charge on any atom is 1.00 e. The van der Waals surface area contributed by atoms with Crippen LogP contribution in [0.25, 0.3) is 0 Å². The van der Waals surface area contributed by atoms with Crippen LogP contribution in [0.4, 0.5) is 0 Å². The monoisotopic (exact) mass is 342 g/mol. The molecule has 0 radical (unpaired) electrons. The number of carboxylic acid groups (broad SMARTS) is 1. The van der Waals surface area contributed by atoms with Crippen molar-refractivity contribution in [2.45, 2.75) is 50.9 Å². The van der Waals surface area contributed by atoms with E-state index in [4.69, 9.17) is 9.47 Å². The van der Waals surface area contributed by atoms with Crippen molar-refractivity contribution in [1.29, 1.82) is 0 Å². The summed E-state index contributed by atoms with van der Waals surface area (Å²) in [5.41, 5.74) is 1.44. The van der Waals surface area contributed by atoms with Gasteiger partial charge in [-0.3, -0.25) is 4.79 Å². The predicted octanol–water partition coefficient (Wildman–Crippen LogP) is -0.532. The van der Waals surface area contributed by atoms with Crippen molar-refractivity contribution in [2.24, 2.45) is 0 Å². The SMILES string of the molecule is COc1cc(OC)c(C2CCCCC2)cc1C(=O)CCC(=O)[O-].[Na+]. The van der Waals surface area contributed by atoms with Crippen molar-refractivity contribution in [3.8, 4) is 11.5 Å². The molecule has 0 aliphatic heterocycles. The average molecular weight is 342 g/mol. The second-order valence-electron chi connectivity index (χ2n) is 5.92. The minimum Gasteiger partial charge on any atom is -0.550 e. The first-order chi connectivity index (χ1) is 11.1. The van der Waals surface area contributed by atoms with E-state index in [-0.39, 0.29) is 48.2 Å². The van der Waals surface area contributed by atoms with Gasteiger partial charge in [-0.25, -0.2) is 0 Å². The molecule has 1 aliphatic carbocycles. The number of ether oxygens (including phenoxy) is 2. The van der Waals surface area contributed by atoms with Crippen molar-refractivity contribution < 1.29 is 53.7 Å². The molecular formula is C18H23NaO5. The maximum absolute atomic E-state index is 12.4. The largest absolute Gasteiger partial charge is 1.00 e. The van der Waals surface area contributed by atoms with Crippen LogP contribution >= 0.6 is 0 Å². The maximum atomic E-state index is 12.4. The minimum absolute atomic E-state index is 0. The molecule has 5 nitrogen and oxygen atoms in total. The second-order valence-corrected chi connectivity index (χ2v) is 5.92. The van der Waals surface area contributed by atoms with Crippen LogP contribution in [0.5, 0.6) is 11.5 Å². The van der Waals surface area contributed by atoms with E-state index in [9.17, 15) is 14.7 Å². The minimum atomic E-state index is -1.22. The third-order valence-corrected chi connectivity index (χ3v) is 4.45. The summed E-state index contributed by atoms with van der Waals surface area (Å²) in [6, 6.07) is 3.56. The van der Waals surface area contributed by atoms with Crippen LogP contribution in [0.15, 0.2) is 12.1 Å². The van der Waals surface area contributed by atoms with Crippen LogP contribution in [-0.4, -0.2) is 26.0 Å². The van der Waals surface area contributed by atoms with E-state index in [2.05, 4.69) is 0 Å². The van der Waals surface area contributed by atoms with Crippen molar-refractivity contribution in [1.82, 2.24) is 0 Å². The second kappa shape index (κ2) is 10.1. The Hall–Kier alpha value is -1.04. The van der Waals surface area contributed by atoms with E-state index in [1.165, 1.54) is 26.4 Å². The summed E-state index contributed by atoms with van der Waals surface area (Å²) in [6.07, 6.45) is 5.38. The summed E-state index contributed by atoms with van der Waals surface area (Å²) in [6.45, 7) is 0. The number of methoxy groups -OCH3 is 2. The van der Waals surface area contributed by atoms with E-state index in [1.54, 1.807) is 13.2 Å². The Morgan fingerprint density at radius 1 is 1.04 bits per heavy atom. The van der Waals surface area contributed by atoms with Crippen LogP contribution in [0.2, 0.25) is 0 Å². The van der Waals surface area contributed by atoms with Gasteiger partial charge < -0.3 is 19.4 Å². The molecule has 0 unspecified atom stereocenters. The molecule has 0 aromatic heterocycles. The van der Waals surface area contributed by atoms with E-state index in [1.807, 2.05) is 6.07 Å². The zero-order chi connectivity index (χ0) is 16.8. The molecule has 0 heterocycles. The molecule has 0 spiro atoms. The van der Waals surface area contributed by atoms with Crippen LogP contribution in [-0.2, 0) is 4.79 Å². The Morgan fingerprint density at radius 2 is 1.67 bits per heavy atom. The number of carbonyl (C=O) groups is 2. The first-order valence-corrected chi connectivity index (χ1v) is 8.05. The molecule has 1 aromatic rings. The number of carbonyl (C=O) groups excluding carboxylic acids is 2. The first kappa shape index (κ1) is 21.0. The van der Waals surface area contributed by atoms with Gasteiger partial charge in [0, 0.05) is 18.5 Å². The zero-order valence-corrected chi connectivity index (χ0v) is 16.7. The van der Waals surface area contributed by atoms with Crippen LogP contribution in [0.1, 0.15) is 66.8 Å². The fraction of sp³-hybridized carbons (Fsp3) is 0.556. The zero-order valence-electron chi connectivity index (χ0n) is 14.7. The van der Waals surface area contributed by atoms with E-state index >= 15 is 0 Å². The number of hydrogen-bond acceptors (Lipinski definition) is 5. The molecule has 2 rings (SSSR count). The summed E-state index contributed by atoms with van der Waals surface area (Å²) in [7, 11) is 3.10. The van der Waals surface area contributed by atoms with Gasteiger partial charge in [-0.05, 0) is 36.8 Å². The van der Waals surface area contributed by atoms with Gasteiger partial charge in [0.1, 0.15) is 11.5 Å². The molecule has 1 aromatic carbocycles. The van der Waals surface area contributed by atoms with Gasteiger partial charge in [-0.1, -0.05) is 19.3 Å². The Balaban J connectivity index is 0.00000288. The van der Waals surface area contributed by atoms with E-state index < -0.39 is 5.97 Å². The fourth-order valence-corrected chi connectivity index (χ4v) is 3.22. The normalized spacial score (nSPS) is 14.6. The van der Waals surface area contributed by atoms with Crippen LogP contribution in [0, 0.1) is 0 Å². The van der Waals surface area contributed by atoms with Crippen molar-refractivity contribution in [3.63, 3.8) is 0 Å². The van der Waals surface area contributed by atoms with Gasteiger partial charge in [0.25, 0.3) is 0 Å². The molecule has 0 N–H and O–H groups in total. The third-order valence-electron chi connectivity index (χ3n) is 4.45. The fourth-order valence-electron chi connectivity index (χ4n) is 3.22. The van der Waals surface area contributed by atoms with Gasteiger partial charge >= 0.3 is 29.6 Å². The van der Waals surface area contributed by atoms with E-state index in [0.29, 0.717) is 17.2 Å². The topological polar surface area (TPSA) is 75.7 Å². The number of rotatable bonds is 7. The number of hydrogen-bond donors (Lipinski definition) is 0. The third kappa shape index (κ3) is 5.23. The molecule has 1 aliphatic rings. The van der Waals surface area contributed by atoms with Gasteiger partial charge in [0.2, 0.25) is 0 Å². The van der Waals surface area contributed by atoms with Crippen LogP contribution in [0.3, 0.4) is 0 Å². The summed E-state index contributed by atoms with van der Waals surface area (Å²) in [5, 5.41) is 10.6. The van der Waals surface area contributed by atoms with Crippen molar-refractivity contribution in [3.05, 3.63) is 23.3 Å². The molecule has 0 saturated heterocycles. The molecule has 0 bridgehead atoms. The summed E-state index contributed by atoms with van der Waals surface area (Å²) < 4.78 is 10.8. The number of ketones is 1. The number of aliphatic carboxylic acids is 1. The quantitative estimate of drug-likeness (QED) is 0.492. The number of benzene rings is 1. The molecule has 6 heteroatoms. The van der Waals surface area contributed by atoms with Crippen molar-refractivity contribution in [2.75, 3.05) is 14.2 Å². The Morgan fingerprint density at radius 3 is 2.21 bits per heavy atom. The summed E-state index contributed by atoms with van der Waals surface area (Å²) in [5.74, 6) is 0.0522. The molecule has 1 saturated carbocycles. The predicted molar refractivity (Wildman–Crippen MR) is 83.9 cm³/mol. The molecule has 126 valence electrons. The van der Waals surface area contributed by atoms with E-state index in [0.717, 1.165) is 24.2 Å². The number of Topliss-reactive ketones (excluding diaryl/α,β-unsaturated/α-hetero) is 1. The Labute approximate surface area is 165 Å². The average Bonchev–Trinajstić information content (AvgIpc) is 2.59.